The molecule has 4 atom stereocenters. The van der Waals surface area contributed by atoms with E-state index in [-0.39, 0.29) is 0 Å². The molecule has 0 aromatic heterocycles. The quantitative estimate of drug-likeness (QED) is 0.767. The first-order chi connectivity index (χ1) is 8.82. The number of fused-ring (bicyclic) bond motifs is 2. The van der Waals surface area contributed by atoms with Crippen LogP contribution in [-0.2, 0) is 0 Å². The Morgan fingerprint density at radius 2 is 1.74 bits per heavy atom. The third-order valence-electron chi connectivity index (χ3n) is 6.52. The molecular formula is C18H26O. The minimum Gasteiger partial charge on any atom is -0.508 e. The van der Waals surface area contributed by atoms with Crippen LogP contribution in [0.4, 0.5) is 0 Å². The van der Waals surface area contributed by atoms with Crippen LogP contribution in [0.5, 0.6) is 5.75 Å². The summed E-state index contributed by atoms with van der Waals surface area (Å²) in [6.07, 6.45) is 2.61. The maximum Gasteiger partial charge on any atom is 0.119 e. The molecule has 0 radical (unpaired) electrons. The maximum absolute atomic E-state index is 10.3. The predicted octanol–water partition coefficient (Wildman–Crippen LogP) is 4.79. The highest BCUT2D eigenvalue weighted by molar-refractivity contribution is 5.44. The second-order valence-electron chi connectivity index (χ2n) is 7.54. The van der Waals surface area contributed by atoms with Crippen LogP contribution < -0.4 is 0 Å². The van der Waals surface area contributed by atoms with E-state index in [2.05, 4.69) is 40.7 Å². The van der Waals surface area contributed by atoms with E-state index in [9.17, 15) is 5.11 Å². The Labute approximate surface area is 117 Å². The molecule has 0 aliphatic heterocycles. The normalized spacial score (nSPS) is 35.8. The summed E-state index contributed by atoms with van der Waals surface area (Å²) < 4.78 is 0. The van der Waals surface area contributed by atoms with Gasteiger partial charge in [-0.3, -0.25) is 0 Å². The summed E-state index contributed by atoms with van der Waals surface area (Å²) >= 11 is 0. The Hall–Kier alpha value is -0.980. The van der Waals surface area contributed by atoms with E-state index in [0.29, 0.717) is 17.1 Å². The standard InChI is InChI=1S/C18H26O/c1-10-6-16(17(19)7-11(10)2)15-9-13-8-14(15)12(3)18(13,4)5/h6-7,12-15,19H,8-9H2,1-5H3. The maximum atomic E-state index is 10.3. The molecule has 2 fully saturated rings. The van der Waals surface area contributed by atoms with Crippen LogP contribution >= 0.6 is 0 Å². The smallest absolute Gasteiger partial charge is 0.119 e. The third kappa shape index (κ3) is 1.74. The summed E-state index contributed by atoms with van der Waals surface area (Å²) in [6.45, 7) is 11.5. The number of hydrogen-bond acceptors (Lipinski definition) is 1. The summed E-state index contributed by atoms with van der Waals surface area (Å²) in [5.41, 5.74) is 4.19. The van der Waals surface area contributed by atoms with Crippen LogP contribution in [0, 0.1) is 37.0 Å². The summed E-state index contributed by atoms with van der Waals surface area (Å²) in [7, 11) is 0. The van der Waals surface area contributed by atoms with Crippen molar-refractivity contribution < 1.29 is 5.11 Å². The number of phenols is 1. The molecule has 2 saturated carbocycles. The van der Waals surface area contributed by atoms with Gasteiger partial charge in [0.15, 0.2) is 0 Å². The Morgan fingerprint density at radius 3 is 2.32 bits per heavy atom. The molecule has 0 amide bonds. The Morgan fingerprint density at radius 1 is 1.11 bits per heavy atom. The van der Waals surface area contributed by atoms with E-state index >= 15 is 0 Å². The Balaban J connectivity index is 1.97. The van der Waals surface area contributed by atoms with Crippen LogP contribution in [-0.4, -0.2) is 5.11 Å². The van der Waals surface area contributed by atoms with Gasteiger partial charge in [0.25, 0.3) is 0 Å². The topological polar surface area (TPSA) is 20.2 Å². The van der Waals surface area contributed by atoms with Crippen LogP contribution in [0.1, 0.15) is 56.2 Å². The van der Waals surface area contributed by atoms with Gasteiger partial charge in [0, 0.05) is 0 Å². The van der Waals surface area contributed by atoms with Crippen molar-refractivity contribution in [2.45, 2.75) is 53.4 Å². The lowest BCUT2D eigenvalue weighted by Crippen LogP contribution is -2.32. The van der Waals surface area contributed by atoms with Crippen LogP contribution in [0.2, 0.25) is 0 Å². The van der Waals surface area contributed by atoms with Crippen molar-refractivity contribution in [2.75, 3.05) is 0 Å². The molecule has 1 aromatic carbocycles. The average molecular weight is 258 g/mol. The third-order valence-corrected chi connectivity index (χ3v) is 6.52. The molecule has 19 heavy (non-hydrogen) atoms. The zero-order valence-corrected chi connectivity index (χ0v) is 12.8. The molecule has 2 aliphatic rings. The minimum absolute atomic E-state index is 0.483. The molecule has 2 bridgehead atoms. The van der Waals surface area contributed by atoms with E-state index < -0.39 is 0 Å². The second-order valence-corrected chi connectivity index (χ2v) is 7.54. The van der Waals surface area contributed by atoms with Crippen molar-refractivity contribution in [3.05, 3.63) is 28.8 Å². The lowest BCUT2D eigenvalue weighted by molar-refractivity contribution is 0.121. The number of aryl methyl sites for hydroxylation is 2. The van der Waals surface area contributed by atoms with Gasteiger partial charge < -0.3 is 5.11 Å². The highest BCUT2D eigenvalue weighted by Crippen LogP contribution is 2.64. The number of rotatable bonds is 1. The van der Waals surface area contributed by atoms with Crippen molar-refractivity contribution in [3.8, 4) is 5.75 Å². The number of aromatic hydroxyl groups is 1. The minimum atomic E-state index is 0.483. The molecule has 1 heteroatoms. The van der Waals surface area contributed by atoms with E-state index in [1.165, 1.54) is 29.5 Å². The predicted molar refractivity (Wildman–Crippen MR) is 79.5 cm³/mol. The van der Waals surface area contributed by atoms with Crippen LogP contribution in [0.25, 0.3) is 0 Å². The van der Waals surface area contributed by atoms with Gasteiger partial charge in [-0.2, -0.15) is 0 Å². The van der Waals surface area contributed by atoms with Gasteiger partial charge in [0.2, 0.25) is 0 Å². The molecule has 1 aromatic rings. The average Bonchev–Trinajstić information content (AvgIpc) is 2.84. The summed E-state index contributed by atoms with van der Waals surface area (Å²) in [4.78, 5) is 0. The van der Waals surface area contributed by atoms with Gasteiger partial charge in [0.05, 0.1) is 0 Å². The Bertz CT molecular complexity index is 511. The second kappa shape index (κ2) is 4.01. The zero-order valence-electron chi connectivity index (χ0n) is 12.8. The largest absolute Gasteiger partial charge is 0.508 e. The molecule has 0 spiro atoms. The number of benzene rings is 1. The first-order valence-corrected chi connectivity index (χ1v) is 7.62. The highest BCUT2D eigenvalue weighted by Gasteiger charge is 2.55. The molecule has 4 unspecified atom stereocenters. The molecular weight excluding hydrogens is 232 g/mol. The molecule has 1 N–H and O–H groups in total. The van der Waals surface area contributed by atoms with E-state index in [1.807, 2.05) is 6.07 Å². The van der Waals surface area contributed by atoms with E-state index in [0.717, 1.165) is 17.8 Å². The monoisotopic (exact) mass is 258 g/mol. The fourth-order valence-corrected chi connectivity index (χ4v) is 4.63. The van der Waals surface area contributed by atoms with Gasteiger partial charge in [-0.1, -0.05) is 26.8 Å². The fraction of sp³-hybridized carbons (Fsp3) is 0.667. The molecule has 1 nitrogen and oxygen atoms in total. The lowest BCUT2D eigenvalue weighted by Gasteiger charge is -2.40. The van der Waals surface area contributed by atoms with Crippen molar-refractivity contribution in [1.29, 1.82) is 0 Å². The first kappa shape index (κ1) is 13.0. The van der Waals surface area contributed by atoms with Gasteiger partial charge in [0.1, 0.15) is 5.75 Å². The van der Waals surface area contributed by atoms with Crippen molar-refractivity contribution >= 4 is 0 Å². The van der Waals surface area contributed by atoms with Gasteiger partial charge >= 0.3 is 0 Å². The molecule has 3 rings (SSSR count). The summed E-state index contributed by atoms with van der Waals surface area (Å²) in [6, 6.07) is 4.18. The summed E-state index contributed by atoms with van der Waals surface area (Å²) in [5, 5.41) is 10.3. The number of phenolic OH excluding ortho intramolecular Hbond substituents is 1. The zero-order chi connectivity index (χ0) is 13.9. The van der Waals surface area contributed by atoms with Crippen LogP contribution in [0.15, 0.2) is 12.1 Å². The SMILES string of the molecule is Cc1cc(O)c(C2CC3CC2C(C)C3(C)C)cc1C. The van der Waals surface area contributed by atoms with Gasteiger partial charge in [-0.25, -0.2) is 0 Å². The molecule has 2 aliphatic carbocycles. The van der Waals surface area contributed by atoms with Crippen LogP contribution in [0.3, 0.4) is 0 Å². The molecule has 0 heterocycles. The van der Waals surface area contributed by atoms with Gasteiger partial charge in [-0.05, 0) is 78.5 Å². The fourth-order valence-electron chi connectivity index (χ4n) is 4.63. The van der Waals surface area contributed by atoms with Crippen molar-refractivity contribution in [1.82, 2.24) is 0 Å². The van der Waals surface area contributed by atoms with Gasteiger partial charge in [-0.15, -0.1) is 0 Å². The van der Waals surface area contributed by atoms with E-state index in [1.54, 1.807) is 0 Å². The molecule has 0 saturated heterocycles. The Kier molecular flexibility index (Phi) is 2.75. The lowest BCUT2D eigenvalue weighted by atomic mass is 9.65. The van der Waals surface area contributed by atoms with E-state index in [4.69, 9.17) is 0 Å². The summed E-state index contributed by atoms with van der Waals surface area (Å²) in [5.74, 6) is 3.45. The first-order valence-electron chi connectivity index (χ1n) is 7.62. The van der Waals surface area contributed by atoms with Crippen molar-refractivity contribution in [2.24, 2.45) is 23.2 Å². The number of hydrogen-bond donors (Lipinski definition) is 1. The molecule has 104 valence electrons. The van der Waals surface area contributed by atoms with Crippen molar-refractivity contribution in [3.63, 3.8) is 0 Å². The highest BCUT2D eigenvalue weighted by atomic mass is 16.3.